The fraction of sp³-hybridized carbons (Fsp3) is 0.105. The van der Waals surface area contributed by atoms with Crippen molar-refractivity contribution >= 4 is 0 Å². The van der Waals surface area contributed by atoms with Crippen LogP contribution in [0.4, 0.5) is 13.2 Å². The predicted octanol–water partition coefficient (Wildman–Crippen LogP) is 5.57. The van der Waals surface area contributed by atoms with Crippen LogP contribution in [0.1, 0.15) is 0 Å². The minimum atomic E-state index is -4.79. The monoisotopic (exact) mass is 377 g/mol. The van der Waals surface area contributed by atoms with E-state index < -0.39 is 12.1 Å². The van der Waals surface area contributed by atoms with Gasteiger partial charge in [-0.25, -0.2) is 0 Å². The number of pyridine rings is 1. The van der Waals surface area contributed by atoms with Crippen molar-refractivity contribution < 1.29 is 32.1 Å². The van der Waals surface area contributed by atoms with Crippen molar-refractivity contribution in [3.63, 3.8) is 0 Å². The molecule has 140 valence electrons. The summed E-state index contributed by atoms with van der Waals surface area (Å²) < 4.78 is 57.3. The fourth-order valence-corrected chi connectivity index (χ4v) is 2.15. The van der Waals surface area contributed by atoms with E-state index >= 15 is 0 Å². The summed E-state index contributed by atoms with van der Waals surface area (Å²) in [7, 11) is 1.46. The number of benzene rings is 2. The van der Waals surface area contributed by atoms with E-state index in [2.05, 4.69) is 9.72 Å². The molecule has 0 fully saturated rings. The SMILES string of the molecule is COc1cc(Oc2ccccc2)nc(Oc2cccc(OC(F)(F)F)c2)c1. The van der Waals surface area contributed by atoms with Crippen molar-refractivity contribution in [1.29, 1.82) is 0 Å². The summed E-state index contributed by atoms with van der Waals surface area (Å²) in [5.41, 5.74) is 0. The van der Waals surface area contributed by atoms with Gasteiger partial charge in [0.05, 0.1) is 7.11 Å². The minimum Gasteiger partial charge on any atom is -0.496 e. The molecule has 0 N–H and O–H groups in total. The minimum absolute atomic E-state index is 0.0874. The Morgan fingerprint density at radius 3 is 1.93 bits per heavy atom. The number of ether oxygens (including phenoxy) is 4. The van der Waals surface area contributed by atoms with E-state index in [0.29, 0.717) is 11.5 Å². The largest absolute Gasteiger partial charge is 0.573 e. The van der Waals surface area contributed by atoms with E-state index in [1.54, 1.807) is 30.3 Å². The third-order valence-corrected chi connectivity index (χ3v) is 3.21. The molecular formula is C19H14F3NO4. The highest BCUT2D eigenvalue weighted by Crippen LogP contribution is 2.32. The average Bonchev–Trinajstić information content (AvgIpc) is 2.61. The molecule has 0 radical (unpaired) electrons. The number of alkyl halides is 3. The molecule has 3 rings (SSSR count). The molecule has 1 heterocycles. The Labute approximate surface area is 152 Å². The van der Waals surface area contributed by atoms with Crippen LogP contribution in [-0.4, -0.2) is 18.5 Å². The number of halogens is 3. The topological polar surface area (TPSA) is 49.8 Å². The highest BCUT2D eigenvalue weighted by Gasteiger charge is 2.31. The third-order valence-electron chi connectivity index (χ3n) is 3.21. The molecule has 0 amide bonds. The highest BCUT2D eigenvalue weighted by molar-refractivity contribution is 5.40. The quantitative estimate of drug-likeness (QED) is 0.562. The zero-order valence-corrected chi connectivity index (χ0v) is 14.1. The van der Waals surface area contributed by atoms with Gasteiger partial charge < -0.3 is 18.9 Å². The molecule has 0 atom stereocenters. The summed E-state index contributed by atoms with van der Waals surface area (Å²) in [6.07, 6.45) is -4.79. The average molecular weight is 377 g/mol. The summed E-state index contributed by atoms with van der Waals surface area (Å²) in [5.74, 6) is 0.980. The van der Waals surface area contributed by atoms with Crippen molar-refractivity contribution in [2.75, 3.05) is 7.11 Å². The maximum atomic E-state index is 12.4. The third kappa shape index (κ3) is 5.53. The first-order chi connectivity index (χ1) is 12.9. The normalized spacial score (nSPS) is 11.0. The van der Waals surface area contributed by atoms with Crippen molar-refractivity contribution in [3.8, 4) is 34.8 Å². The molecule has 2 aromatic carbocycles. The number of methoxy groups -OCH3 is 1. The van der Waals surface area contributed by atoms with Crippen LogP contribution in [0.5, 0.6) is 34.8 Å². The Bertz CT molecular complexity index is 901. The van der Waals surface area contributed by atoms with Crippen LogP contribution in [0.25, 0.3) is 0 Å². The van der Waals surface area contributed by atoms with E-state index in [0.717, 1.165) is 6.07 Å². The molecule has 8 heteroatoms. The van der Waals surface area contributed by atoms with E-state index in [9.17, 15) is 13.2 Å². The summed E-state index contributed by atoms with van der Waals surface area (Å²) in [4.78, 5) is 4.19. The van der Waals surface area contributed by atoms with Gasteiger partial charge in [0.2, 0.25) is 11.8 Å². The van der Waals surface area contributed by atoms with Gasteiger partial charge in [-0.05, 0) is 24.3 Å². The lowest BCUT2D eigenvalue weighted by atomic mass is 10.3. The standard InChI is InChI=1S/C19H14F3NO4/c1-24-16-11-17(25-13-6-3-2-4-7-13)23-18(12-16)26-14-8-5-9-15(10-14)27-19(20,21)22/h2-12H,1H3. The van der Waals surface area contributed by atoms with E-state index in [1.165, 1.54) is 31.4 Å². The van der Waals surface area contributed by atoms with Crippen LogP contribution in [0.3, 0.4) is 0 Å². The van der Waals surface area contributed by atoms with Gasteiger partial charge in [0.1, 0.15) is 23.0 Å². The lowest BCUT2D eigenvalue weighted by Gasteiger charge is -2.12. The maximum Gasteiger partial charge on any atom is 0.573 e. The molecule has 0 unspecified atom stereocenters. The van der Waals surface area contributed by atoms with Gasteiger partial charge in [-0.3, -0.25) is 0 Å². The van der Waals surface area contributed by atoms with Crippen LogP contribution in [-0.2, 0) is 0 Å². The molecule has 0 aliphatic heterocycles. The number of para-hydroxylation sites is 1. The molecule has 27 heavy (non-hydrogen) atoms. The molecule has 0 saturated carbocycles. The molecule has 0 spiro atoms. The van der Waals surface area contributed by atoms with Crippen LogP contribution in [0.15, 0.2) is 66.7 Å². The van der Waals surface area contributed by atoms with E-state index in [4.69, 9.17) is 14.2 Å². The zero-order valence-electron chi connectivity index (χ0n) is 14.1. The Morgan fingerprint density at radius 1 is 0.704 bits per heavy atom. The van der Waals surface area contributed by atoms with Gasteiger partial charge in [0, 0.05) is 18.2 Å². The fourth-order valence-electron chi connectivity index (χ4n) is 2.15. The lowest BCUT2D eigenvalue weighted by molar-refractivity contribution is -0.274. The number of aromatic nitrogens is 1. The van der Waals surface area contributed by atoms with Crippen molar-refractivity contribution in [2.45, 2.75) is 6.36 Å². The highest BCUT2D eigenvalue weighted by atomic mass is 19.4. The molecule has 0 aliphatic carbocycles. The second kappa shape index (κ2) is 7.86. The summed E-state index contributed by atoms with van der Waals surface area (Å²) in [6, 6.07) is 17.1. The van der Waals surface area contributed by atoms with Crippen molar-refractivity contribution in [3.05, 3.63) is 66.7 Å². The lowest BCUT2D eigenvalue weighted by Crippen LogP contribution is -2.17. The molecule has 0 aliphatic rings. The first-order valence-electron chi connectivity index (χ1n) is 7.74. The summed E-state index contributed by atoms with van der Waals surface area (Å²) in [6.45, 7) is 0. The molecule has 1 aromatic heterocycles. The maximum absolute atomic E-state index is 12.4. The first-order valence-corrected chi connectivity index (χ1v) is 7.74. The number of hydrogen-bond acceptors (Lipinski definition) is 5. The van der Waals surface area contributed by atoms with Crippen molar-refractivity contribution in [2.24, 2.45) is 0 Å². The molecule has 0 bridgehead atoms. The van der Waals surface area contributed by atoms with Gasteiger partial charge >= 0.3 is 6.36 Å². The van der Waals surface area contributed by atoms with E-state index in [-0.39, 0.29) is 17.5 Å². The predicted molar refractivity (Wildman–Crippen MR) is 90.5 cm³/mol. The molecule has 0 saturated heterocycles. The Hall–Kier alpha value is -3.42. The Kier molecular flexibility index (Phi) is 5.35. The van der Waals surface area contributed by atoms with Gasteiger partial charge in [0.25, 0.3) is 0 Å². The van der Waals surface area contributed by atoms with Gasteiger partial charge in [-0.2, -0.15) is 4.98 Å². The van der Waals surface area contributed by atoms with Crippen LogP contribution in [0.2, 0.25) is 0 Å². The Balaban J connectivity index is 1.82. The van der Waals surface area contributed by atoms with Crippen LogP contribution in [0, 0.1) is 0 Å². The number of hydrogen-bond donors (Lipinski definition) is 0. The number of rotatable bonds is 6. The van der Waals surface area contributed by atoms with Crippen molar-refractivity contribution in [1.82, 2.24) is 4.98 Å². The second-order valence-electron chi connectivity index (χ2n) is 5.22. The van der Waals surface area contributed by atoms with Crippen LogP contribution >= 0.6 is 0 Å². The zero-order chi connectivity index (χ0) is 19.3. The Morgan fingerprint density at radius 2 is 1.30 bits per heavy atom. The summed E-state index contributed by atoms with van der Waals surface area (Å²) in [5, 5.41) is 0. The van der Waals surface area contributed by atoms with Gasteiger partial charge in [-0.15, -0.1) is 13.2 Å². The summed E-state index contributed by atoms with van der Waals surface area (Å²) >= 11 is 0. The van der Waals surface area contributed by atoms with Gasteiger partial charge in [0.15, 0.2) is 0 Å². The van der Waals surface area contributed by atoms with Gasteiger partial charge in [-0.1, -0.05) is 24.3 Å². The second-order valence-corrected chi connectivity index (χ2v) is 5.22. The van der Waals surface area contributed by atoms with Crippen LogP contribution < -0.4 is 18.9 Å². The molecule has 5 nitrogen and oxygen atoms in total. The smallest absolute Gasteiger partial charge is 0.496 e. The molecular weight excluding hydrogens is 363 g/mol. The number of nitrogens with zero attached hydrogens (tertiary/aromatic N) is 1. The van der Waals surface area contributed by atoms with E-state index in [1.807, 2.05) is 6.07 Å². The first kappa shape index (κ1) is 18.4. The molecule has 3 aromatic rings.